The van der Waals surface area contributed by atoms with Crippen molar-refractivity contribution in [2.75, 3.05) is 13.7 Å². The highest BCUT2D eigenvalue weighted by atomic mass is 19.1. The first-order valence-electron chi connectivity index (χ1n) is 10.9. The van der Waals surface area contributed by atoms with Gasteiger partial charge in [-0.1, -0.05) is 6.07 Å². The van der Waals surface area contributed by atoms with Gasteiger partial charge in [0.05, 0.1) is 12.6 Å². The largest absolute Gasteiger partial charge is 0.458 e. The Morgan fingerprint density at radius 2 is 1.91 bits per heavy atom. The van der Waals surface area contributed by atoms with Gasteiger partial charge in [-0.2, -0.15) is 0 Å². The molecule has 0 spiro atoms. The van der Waals surface area contributed by atoms with Crippen LogP contribution in [0.15, 0.2) is 54.2 Å². The van der Waals surface area contributed by atoms with Gasteiger partial charge in [-0.05, 0) is 37.6 Å². The number of carbonyl (C=O) groups is 2. The van der Waals surface area contributed by atoms with E-state index in [0.29, 0.717) is 11.1 Å². The number of benzene rings is 1. The van der Waals surface area contributed by atoms with Crippen LogP contribution in [0.5, 0.6) is 0 Å². The topological polar surface area (TPSA) is 116 Å². The highest BCUT2D eigenvalue weighted by molar-refractivity contribution is 6.09. The third-order valence-corrected chi connectivity index (χ3v) is 5.69. The molecule has 0 saturated heterocycles. The van der Waals surface area contributed by atoms with Crippen molar-refractivity contribution < 1.29 is 23.1 Å². The van der Waals surface area contributed by atoms with E-state index in [4.69, 9.17) is 10.5 Å². The number of alkyl halides is 1. The lowest BCUT2D eigenvalue weighted by atomic mass is 9.83. The normalized spacial score (nSPS) is 17.7. The fraction of sp³-hybridized carbons (Fsp3) is 0.292. The molecule has 35 heavy (non-hydrogen) atoms. The molecule has 0 aliphatic carbocycles. The van der Waals surface area contributed by atoms with Crippen LogP contribution in [0, 0.1) is 5.82 Å². The molecule has 1 amide bonds. The van der Waals surface area contributed by atoms with Gasteiger partial charge in [0.1, 0.15) is 24.5 Å². The molecule has 11 heteroatoms. The number of ether oxygens (including phenoxy) is 1. The molecule has 3 aromatic rings. The Hall–Kier alpha value is -4.15. The van der Waals surface area contributed by atoms with Gasteiger partial charge in [0.15, 0.2) is 11.5 Å². The summed E-state index contributed by atoms with van der Waals surface area (Å²) < 4.78 is 34.8. The number of amides is 1. The minimum atomic E-state index is -1.73. The highest BCUT2D eigenvalue weighted by Gasteiger charge is 2.50. The number of aryl methyl sites for hydroxylation is 1. The zero-order chi connectivity index (χ0) is 25.3. The Morgan fingerprint density at radius 1 is 1.20 bits per heavy atom. The summed E-state index contributed by atoms with van der Waals surface area (Å²) in [7, 11) is 1.46. The fourth-order valence-electron chi connectivity index (χ4n) is 4.02. The van der Waals surface area contributed by atoms with Gasteiger partial charge >= 0.3 is 5.97 Å². The van der Waals surface area contributed by atoms with Gasteiger partial charge in [-0.15, -0.1) is 0 Å². The zero-order valence-electron chi connectivity index (χ0n) is 19.4. The van der Waals surface area contributed by atoms with E-state index in [1.807, 2.05) is 0 Å². The molecule has 4 rings (SSSR count). The fourth-order valence-corrected chi connectivity index (χ4v) is 4.02. The Balaban J connectivity index is 1.94. The maximum Gasteiger partial charge on any atom is 0.355 e. The number of halogens is 2. The van der Waals surface area contributed by atoms with E-state index in [0.717, 1.165) is 0 Å². The number of likely N-dealkylation sites (N-methyl/N-ethyl adjacent to an activating group) is 1. The summed E-state index contributed by atoms with van der Waals surface area (Å²) in [6, 6.07) is 5.54. The van der Waals surface area contributed by atoms with E-state index in [2.05, 4.69) is 15.0 Å². The van der Waals surface area contributed by atoms with Crippen LogP contribution < -0.4 is 5.73 Å². The Labute approximate surface area is 200 Å². The number of aromatic nitrogens is 3. The molecule has 2 N–H and O–H groups in total. The molecule has 1 aliphatic rings. The van der Waals surface area contributed by atoms with Gasteiger partial charge in [0, 0.05) is 42.3 Å². The molecule has 0 saturated carbocycles. The maximum absolute atomic E-state index is 14.8. The van der Waals surface area contributed by atoms with Crippen LogP contribution in [0.2, 0.25) is 0 Å². The van der Waals surface area contributed by atoms with Crippen molar-refractivity contribution in [1.29, 1.82) is 0 Å². The van der Waals surface area contributed by atoms with Crippen molar-refractivity contribution in [3.63, 3.8) is 0 Å². The molecule has 0 fully saturated rings. The summed E-state index contributed by atoms with van der Waals surface area (Å²) in [6.45, 7) is 2.49. The second-order valence-electron chi connectivity index (χ2n) is 8.32. The smallest absolute Gasteiger partial charge is 0.355 e. The number of aliphatic imine (C=N–C) groups is 1. The van der Waals surface area contributed by atoms with Crippen molar-refractivity contribution in [2.45, 2.75) is 32.0 Å². The predicted octanol–water partition coefficient (Wildman–Crippen LogP) is 2.65. The van der Waals surface area contributed by atoms with Gasteiger partial charge in [-0.25, -0.2) is 28.5 Å². The molecule has 182 valence electrons. The number of carbonyl (C=O) groups excluding carboxylic acids is 2. The van der Waals surface area contributed by atoms with Crippen LogP contribution in [0.4, 0.5) is 8.78 Å². The second kappa shape index (κ2) is 9.24. The van der Waals surface area contributed by atoms with E-state index in [9.17, 15) is 18.4 Å². The molecule has 0 bridgehead atoms. The van der Waals surface area contributed by atoms with Crippen LogP contribution in [-0.2, 0) is 21.6 Å². The van der Waals surface area contributed by atoms with Crippen molar-refractivity contribution in [3.05, 3.63) is 71.8 Å². The first-order valence-corrected chi connectivity index (χ1v) is 10.9. The highest BCUT2D eigenvalue weighted by Crippen LogP contribution is 2.41. The molecule has 1 aromatic carbocycles. The Bertz CT molecular complexity index is 1310. The predicted molar refractivity (Wildman–Crippen MR) is 124 cm³/mol. The third kappa shape index (κ3) is 4.13. The van der Waals surface area contributed by atoms with E-state index < -0.39 is 36.0 Å². The standard InChI is InChI=1S/C24H24F2N6O3/c1-14(2)35-21(33)20-9-17(12-32(20)7-6-25)24(22(34)31(3)23(27)30-24)16-4-5-19(26)18(8-16)15-10-28-13-29-11-15/h4-5,8-14H,6-7H2,1-3H3,(H2,27,30). The van der Waals surface area contributed by atoms with Gasteiger partial charge in [0.2, 0.25) is 0 Å². The molecule has 1 atom stereocenters. The summed E-state index contributed by atoms with van der Waals surface area (Å²) in [5, 5.41) is 0. The molecule has 1 unspecified atom stereocenters. The lowest BCUT2D eigenvalue weighted by Gasteiger charge is -2.25. The molecule has 1 aliphatic heterocycles. The minimum Gasteiger partial charge on any atom is -0.458 e. The quantitative estimate of drug-likeness (QED) is 0.518. The number of hydrogen-bond acceptors (Lipinski definition) is 7. The average Bonchev–Trinajstić information content (AvgIpc) is 3.35. The lowest BCUT2D eigenvalue weighted by molar-refractivity contribution is -0.129. The first kappa shape index (κ1) is 24.0. The molecule has 0 radical (unpaired) electrons. The van der Waals surface area contributed by atoms with Gasteiger partial charge in [-0.3, -0.25) is 9.69 Å². The Kier molecular flexibility index (Phi) is 6.33. The monoisotopic (exact) mass is 482 g/mol. The van der Waals surface area contributed by atoms with Crippen LogP contribution in [0.25, 0.3) is 11.1 Å². The number of esters is 1. The van der Waals surface area contributed by atoms with Crippen LogP contribution >= 0.6 is 0 Å². The van der Waals surface area contributed by atoms with E-state index in [1.165, 1.54) is 65.7 Å². The van der Waals surface area contributed by atoms with Gasteiger partial charge in [0.25, 0.3) is 5.91 Å². The molecular weight excluding hydrogens is 458 g/mol. The minimum absolute atomic E-state index is 0.0562. The summed E-state index contributed by atoms with van der Waals surface area (Å²) in [5.74, 6) is -1.80. The maximum atomic E-state index is 14.8. The second-order valence-corrected chi connectivity index (χ2v) is 8.32. The molecular formula is C24H24F2N6O3. The van der Waals surface area contributed by atoms with E-state index in [1.54, 1.807) is 13.8 Å². The average molecular weight is 482 g/mol. The summed E-state index contributed by atoms with van der Waals surface area (Å²) in [5.41, 5.74) is 5.47. The number of guanidine groups is 1. The lowest BCUT2D eigenvalue weighted by Crippen LogP contribution is -2.41. The van der Waals surface area contributed by atoms with Gasteiger partial charge < -0.3 is 15.0 Å². The number of nitrogens with zero attached hydrogens (tertiary/aromatic N) is 5. The molecule has 3 heterocycles. The van der Waals surface area contributed by atoms with Crippen LogP contribution in [-0.4, -0.2) is 57.1 Å². The molecule has 2 aromatic heterocycles. The Morgan fingerprint density at radius 3 is 2.51 bits per heavy atom. The van der Waals surface area contributed by atoms with Crippen LogP contribution in [0.3, 0.4) is 0 Å². The number of nitrogens with two attached hydrogens (primary N) is 1. The summed E-state index contributed by atoms with van der Waals surface area (Å²) >= 11 is 0. The third-order valence-electron chi connectivity index (χ3n) is 5.69. The number of hydrogen-bond donors (Lipinski definition) is 1. The number of rotatable bonds is 7. The van der Waals surface area contributed by atoms with Crippen molar-refractivity contribution in [1.82, 2.24) is 19.4 Å². The zero-order valence-corrected chi connectivity index (χ0v) is 19.4. The summed E-state index contributed by atoms with van der Waals surface area (Å²) in [6.07, 6.45) is 5.27. The SMILES string of the molecule is CC(C)OC(=O)c1cc(C2(c3ccc(F)c(-c4cncnc4)c3)N=C(N)N(C)C2=O)cn1CCF. The van der Waals surface area contributed by atoms with Crippen LogP contribution in [0.1, 0.15) is 35.5 Å². The molecule has 9 nitrogen and oxygen atoms in total. The van der Waals surface area contributed by atoms with Crippen molar-refractivity contribution in [3.8, 4) is 11.1 Å². The first-order chi connectivity index (χ1) is 16.7. The summed E-state index contributed by atoms with van der Waals surface area (Å²) in [4.78, 5) is 39.9. The van der Waals surface area contributed by atoms with Crippen molar-refractivity contribution in [2.24, 2.45) is 10.7 Å². The van der Waals surface area contributed by atoms with E-state index >= 15 is 0 Å². The van der Waals surface area contributed by atoms with E-state index in [-0.39, 0.29) is 29.3 Å². The van der Waals surface area contributed by atoms with Crippen molar-refractivity contribution >= 4 is 17.8 Å².